The molecule has 3 heterocycles. The van der Waals surface area contributed by atoms with E-state index in [2.05, 4.69) is 20.8 Å². The lowest BCUT2D eigenvalue weighted by molar-refractivity contribution is 0.0561. The standard InChI is InChI=1S/C15H21BrN2O2/c16-14-5-4-13(20-14)15(19)18-10-6-12(7-11-18)17-8-2-1-3-9-17/h4-5,12H,1-3,6-11H2. The van der Waals surface area contributed by atoms with Gasteiger partial charge in [-0.3, -0.25) is 4.79 Å². The smallest absolute Gasteiger partial charge is 0.289 e. The number of hydrogen-bond donors (Lipinski definition) is 0. The summed E-state index contributed by atoms with van der Waals surface area (Å²) in [4.78, 5) is 16.8. The van der Waals surface area contributed by atoms with Gasteiger partial charge < -0.3 is 14.2 Å². The first kappa shape index (κ1) is 14.1. The van der Waals surface area contributed by atoms with Crippen molar-refractivity contribution in [2.24, 2.45) is 0 Å². The molecule has 2 aliphatic heterocycles. The Morgan fingerprint density at radius 1 is 1.10 bits per heavy atom. The van der Waals surface area contributed by atoms with Crippen LogP contribution in [0, 0.1) is 0 Å². The fourth-order valence-electron chi connectivity index (χ4n) is 3.30. The minimum Gasteiger partial charge on any atom is -0.444 e. The van der Waals surface area contributed by atoms with Crippen molar-refractivity contribution in [2.45, 2.75) is 38.1 Å². The molecule has 0 bridgehead atoms. The van der Waals surface area contributed by atoms with Crippen LogP contribution in [-0.4, -0.2) is 47.9 Å². The fourth-order valence-corrected chi connectivity index (χ4v) is 3.61. The number of amides is 1. The Morgan fingerprint density at radius 3 is 2.40 bits per heavy atom. The summed E-state index contributed by atoms with van der Waals surface area (Å²) >= 11 is 3.24. The topological polar surface area (TPSA) is 36.7 Å². The summed E-state index contributed by atoms with van der Waals surface area (Å²) in [5, 5.41) is 0. The van der Waals surface area contributed by atoms with Crippen LogP contribution in [0.2, 0.25) is 0 Å². The van der Waals surface area contributed by atoms with E-state index in [9.17, 15) is 4.79 Å². The summed E-state index contributed by atoms with van der Waals surface area (Å²) in [7, 11) is 0. The molecule has 1 aromatic rings. The van der Waals surface area contributed by atoms with Gasteiger partial charge in [0.1, 0.15) is 0 Å². The van der Waals surface area contributed by atoms with Gasteiger partial charge in [0, 0.05) is 19.1 Å². The zero-order valence-electron chi connectivity index (χ0n) is 11.7. The van der Waals surface area contributed by atoms with Gasteiger partial charge in [0.15, 0.2) is 10.4 Å². The quantitative estimate of drug-likeness (QED) is 0.829. The third kappa shape index (κ3) is 3.09. The normalized spacial score (nSPS) is 22.1. The summed E-state index contributed by atoms with van der Waals surface area (Å²) in [6, 6.07) is 4.18. The molecular formula is C15H21BrN2O2. The first-order chi connectivity index (χ1) is 9.74. The Kier molecular flexibility index (Phi) is 4.46. The second kappa shape index (κ2) is 6.31. The summed E-state index contributed by atoms with van der Waals surface area (Å²) in [5.74, 6) is 0.459. The number of halogens is 1. The van der Waals surface area contributed by atoms with Crippen LogP contribution in [0.5, 0.6) is 0 Å². The predicted molar refractivity (Wildman–Crippen MR) is 80.8 cm³/mol. The highest BCUT2D eigenvalue weighted by Gasteiger charge is 2.28. The molecule has 1 amide bonds. The molecule has 20 heavy (non-hydrogen) atoms. The maximum Gasteiger partial charge on any atom is 0.289 e. The molecule has 2 aliphatic rings. The Labute approximate surface area is 128 Å². The zero-order chi connectivity index (χ0) is 13.9. The van der Waals surface area contributed by atoms with E-state index in [0.29, 0.717) is 16.5 Å². The molecule has 0 saturated carbocycles. The number of furan rings is 1. The summed E-state index contributed by atoms with van der Waals surface area (Å²) in [6.07, 6.45) is 6.22. The fraction of sp³-hybridized carbons (Fsp3) is 0.667. The average Bonchev–Trinajstić information content (AvgIpc) is 2.94. The molecule has 2 saturated heterocycles. The van der Waals surface area contributed by atoms with Crippen LogP contribution in [0.15, 0.2) is 21.2 Å². The van der Waals surface area contributed by atoms with Crippen LogP contribution in [0.25, 0.3) is 0 Å². The van der Waals surface area contributed by atoms with Crippen molar-refractivity contribution in [3.05, 3.63) is 22.6 Å². The molecule has 0 aliphatic carbocycles. The Balaban J connectivity index is 1.54. The third-order valence-corrected chi connectivity index (χ3v) is 4.87. The Hall–Kier alpha value is -0.810. The van der Waals surface area contributed by atoms with E-state index in [1.807, 2.05) is 4.90 Å². The molecule has 0 aromatic carbocycles. The summed E-state index contributed by atoms with van der Waals surface area (Å²) in [5.41, 5.74) is 0. The van der Waals surface area contributed by atoms with Crippen molar-refractivity contribution in [1.82, 2.24) is 9.80 Å². The second-order valence-electron chi connectivity index (χ2n) is 5.72. The SMILES string of the molecule is O=C(c1ccc(Br)o1)N1CCC(N2CCCCC2)CC1. The lowest BCUT2D eigenvalue weighted by Gasteiger charge is -2.40. The van der Waals surface area contributed by atoms with Gasteiger partial charge >= 0.3 is 0 Å². The summed E-state index contributed by atoms with van der Waals surface area (Å²) in [6.45, 7) is 4.17. The van der Waals surface area contributed by atoms with Crippen molar-refractivity contribution in [1.29, 1.82) is 0 Å². The molecule has 4 nitrogen and oxygen atoms in total. The number of hydrogen-bond acceptors (Lipinski definition) is 3. The van der Waals surface area contributed by atoms with Crippen LogP contribution in [0.4, 0.5) is 0 Å². The minimum absolute atomic E-state index is 0.0211. The molecule has 0 N–H and O–H groups in total. The zero-order valence-corrected chi connectivity index (χ0v) is 13.3. The number of nitrogens with zero attached hydrogens (tertiary/aromatic N) is 2. The number of piperidine rings is 2. The molecule has 0 unspecified atom stereocenters. The van der Waals surface area contributed by atoms with Gasteiger partial charge in [-0.15, -0.1) is 0 Å². The number of rotatable bonds is 2. The maximum absolute atomic E-state index is 12.3. The molecular weight excluding hydrogens is 320 g/mol. The molecule has 0 radical (unpaired) electrons. The highest BCUT2D eigenvalue weighted by atomic mass is 79.9. The Bertz CT molecular complexity index is 460. The van der Waals surface area contributed by atoms with Gasteiger partial charge in [0.05, 0.1) is 0 Å². The van der Waals surface area contributed by atoms with Crippen molar-refractivity contribution in [3.8, 4) is 0 Å². The van der Waals surface area contributed by atoms with Crippen LogP contribution in [0.3, 0.4) is 0 Å². The predicted octanol–water partition coefficient (Wildman–Crippen LogP) is 3.13. The molecule has 0 spiro atoms. The molecule has 3 rings (SSSR count). The molecule has 2 fully saturated rings. The average molecular weight is 341 g/mol. The first-order valence-corrected chi connectivity index (χ1v) is 8.32. The highest BCUT2D eigenvalue weighted by Crippen LogP contribution is 2.23. The molecule has 1 aromatic heterocycles. The van der Waals surface area contributed by atoms with Crippen LogP contribution in [-0.2, 0) is 0 Å². The van der Waals surface area contributed by atoms with E-state index in [4.69, 9.17) is 4.42 Å². The van der Waals surface area contributed by atoms with Crippen molar-refractivity contribution >= 4 is 21.8 Å². The lowest BCUT2D eigenvalue weighted by Crippen LogP contribution is -2.48. The van der Waals surface area contributed by atoms with Gasteiger partial charge in [-0.2, -0.15) is 0 Å². The second-order valence-corrected chi connectivity index (χ2v) is 6.51. The molecule has 110 valence electrons. The van der Waals surface area contributed by atoms with E-state index in [1.54, 1.807) is 12.1 Å². The molecule has 5 heteroatoms. The van der Waals surface area contributed by atoms with Crippen molar-refractivity contribution in [3.63, 3.8) is 0 Å². The van der Waals surface area contributed by atoms with E-state index in [0.717, 1.165) is 25.9 Å². The van der Waals surface area contributed by atoms with Crippen molar-refractivity contribution in [2.75, 3.05) is 26.2 Å². The van der Waals surface area contributed by atoms with Crippen LogP contribution < -0.4 is 0 Å². The number of carbonyl (C=O) groups excluding carboxylic acids is 1. The number of carbonyl (C=O) groups is 1. The van der Waals surface area contributed by atoms with Gasteiger partial charge in [-0.1, -0.05) is 6.42 Å². The summed E-state index contributed by atoms with van der Waals surface area (Å²) < 4.78 is 5.97. The van der Waals surface area contributed by atoms with Gasteiger partial charge in [-0.05, 0) is 66.8 Å². The van der Waals surface area contributed by atoms with E-state index in [1.165, 1.54) is 32.4 Å². The van der Waals surface area contributed by atoms with Crippen LogP contribution >= 0.6 is 15.9 Å². The largest absolute Gasteiger partial charge is 0.444 e. The maximum atomic E-state index is 12.3. The minimum atomic E-state index is 0.0211. The van der Waals surface area contributed by atoms with E-state index >= 15 is 0 Å². The van der Waals surface area contributed by atoms with Crippen molar-refractivity contribution < 1.29 is 9.21 Å². The lowest BCUT2D eigenvalue weighted by atomic mass is 10.00. The van der Waals surface area contributed by atoms with Crippen LogP contribution in [0.1, 0.15) is 42.7 Å². The van der Waals surface area contributed by atoms with E-state index in [-0.39, 0.29) is 5.91 Å². The Morgan fingerprint density at radius 2 is 1.80 bits per heavy atom. The van der Waals surface area contributed by atoms with Gasteiger partial charge in [-0.25, -0.2) is 0 Å². The molecule has 0 atom stereocenters. The highest BCUT2D eigenvalue weighted by molar-refractivity contribution is 9.10. The first-order valence-electron chi connectivity index (χ1n) is 7.53. The number of likely N-dealkylation sites (tertiary alicyclic amines) is 2. The van der Waals surface area contributed by atoms with Gasteiger partial charge in [0.25, 0.3) is 5.91 Å². The van der Waals surface area contributed by atoms with E-state index < -0.39 is 0 Å². The monoisotopic (exact) mass is 340 g/mol. The van der Waals surface area contributed by atoms with Gasteiger partial charge in [0.2, 0.25) is 0 Å². The third-order valence-electron chi connectivity index (χ3n) is 4.44.